The predicted molar refractivity (Wildman–Crippen MR) is 221 cm³/mol. The Balaban J connectivity index is 3.10. The molecule has 1 aliphatic heterocycles. The first-order valence-electron chi connectivity index (χ1n) is 20.5. The van der Waals surface area contributed by atoms with Crippen molar-refractivity contribution in [2.75, 3.05) is 19.7 Å². The van der Waals surface area contributed by atoms with Gasteiger partial charge in [-0.3, -0.25) is 52.7 Å². The Morgan fingerprint density at radius 1 is 0.606 bits per heavy atom. The first-order valence-corrected chi connectivity index (χ1v) is 20.5. The van der Waals surface area contributed by atoms with Crippen molar-refractivity contribution < 1.29 is 88.2 Å². The zero-order chi connectivity index (χ0) is 50.6. The number of nitrogens with zero attached hydrogens (tertiary/aromatic N) is 1. The summed E-state index contributed by atoms with van der Waals surface area (Å²) in [6.45, 7) is 1.08. The molecule has 0 bridgehead atoms. The maximum Gasteiger partial charge on any atom is 0.328 e. The highest BCUT2D eigenvalue weighted by Crippen LogP contribution is 2.20. The number of rotatable bonds is 29. The van der Waals surface area contributed by atoms with Crippen LogP contribution in [0.3, 0.4) is 0 Å². The van der Waals surface area contributed by atoms with Gasteiger partial charge >= 0.3 is 11.9 Å². The van der Waals surface area contributed by atoms with Gasteiger partial charge in [-0.2, -0.15) is 0 Å². The van der Waals surface area contributed by atoms with E-state index in [1.165, 1.54) is 0 Å². The molecule has 0 unspecified atom stereocenters. The fourth-order valence-corrected chi connectivity index (χ4v) is 6.23. The fourth-order valence-electron chi connectivity index (χ4n) is 6.23. The van der Waals surface area contributed by atoms with Crippen molar-refractivity contribution in [1.82, 2.24) is 42.1 Å². The summed E-state index contributed by atoms with van der Waals surface area (Å²) < 4.78 is 0. The second kappa shape index (κ2) is 27.7. The smallest absolute Gasteiger partial charge is 0.328 e. The van der Waals surface area contributed by atoms with E-state index in [9.17, 15) is 88.2 Å². The van der Waals surface area contributed by atoms with E-state index in [1.54, 1.807) is 0 Å². The monoisotopic (exact) mass is 947 g/mol. The van der Waals surface area contributed by atoms with Crippen LogP contribution in [0.5, 0.6) is 0 Å². The van der Waals surface area contributed by atoms with Crippen LogP contribution >= 0.6 is 0 Å². The van der Waals surface area contributed by atoms with E-state index >= 15 is 0 Å². The molecule has 19 N–H and O–H groups in total. The summed E-state index contributed by atoms with van der Waals surface area (Å²) in [6, 6.07) is -13.1. The highest BCUT2D eigenvalue weighted by molar-refractivity contribution is 5.98. The number of aliphatic hydroxyl groups excluding tert-OH is 4. The summed E-state index contributed by atoms with van der Waals surface area (Å²) >= 11 is 0. The quantitative estimate of drug-likeness (QED) is 0.0331. The molecule has 29 nitrogen and oxygen atoms in total. The number of hydrogen-bond donors (Lipinski definition) is 16. The molecule has 0 aromatic heterocycles. The number of carboxylic acids is 2. The van der Waals surface area contributed by atoms with E-state index in [1.807, 2.05) is 5.32 Å². The highest BCUT2D eigenvalue weighted by atomic mass is 16.4. The molecule has 0 aromatic rings. The Morgan fingerprint density at radius 3 is 1.61 bits per heavy atom. The molecular weight excluding hydrogens is 886 g/mol. The van der Waals surface area contributed by atoms with Crippen LogP contribution in [0.4, 0.5) is 0 Å². The number of hydrogen-bond acceptors (Lipinski definition) is 17. The minimum atomic E-state index is -1.85. The van der Waals surface area contributed by atoms with Crippen molar-refractivity contribution in [3.63, 3.8) is 0 Å². The van der Waals surface area contributed by atoms with Gasteiger partial charge in [-0.1, -0.05) is 0 Å². The highest BCUT2D eigenvalue weighted by Gasteiger charge is 2.40. The van der Waals surface area contributed by atoms with Gasteiger partial charge in [0.1, 0.15) is 36.3 Å². The number of primary amides is 2. The van der Waals surface area contributed by atoms with Crippen LogP contribution in [0.25, 0.3) is 0 Å². The van der Waals surface area contributed by atoms with Crippen molar-refractivity contribution in [2.24, 2.45) is 17.2 Å². The number of likely N-dealkylation sites (tertiary alicyclic amines) is 1. The molecule has 29 heteroatoms. The number of carboxylic acid groups (broad SMARTS) is 2. The summed E-state index contributed by atoms with van der Waals surface area (Å²) in [6.07, 6.45) is -7.13. The molecule has 10 amide bonds. The molecule has 0 aliphatic carbocycles. The number of aliphatic carboxylic acids is 2. The summed E-state index contributed by atoms with van der Waals surface area (Å²) in [4.78, 5) is 152. The van der Waals surface area contributed by atoms with Crippen LogP contribution < -0.4 is 54.4 Å². The van der Waals surface area contributed by atoms with Crippen molar-refractivity contribution in [3.05, 3.63) is 0 Å². The van der Waals surface area contributed by atoms with E-state index in [0.29, 0.717) is 0 Å². The fraction of sp³-hybridized carbons (Fsp3) is 0.676. The Morgan fingerprint density at radius 2 is 1.11 bits per heavy atom. The number of amides is 10. The lowest BCUT2D eigenvalue weighted by Gasteiger charge is -2.30. The van der Waals surface area contributed by atoms with Gasteiger partial charge < -0.3 is 90.0 Å². The van der Waals surface area contributed by atoms with E-state index in [0.717, 1.165) is 25.7 Å². The molecule has 66 heavy (non-hydrogen) atoms. The molecule has 0 spiro atoms. The van der Waals surface area contributed by atoms with Crippen molar-refractivity contribution in [3.8, 4) is 0 Å². The molecular formula is C37H61N11O18. The van der Waals surface area contributed by atoms with Gasteiger partial charge in [-0.25, -0.2) is 4.79 Å². The lowest BCUT2D eigenvalue weighted by Crippen LogP contribution is -2.62. The lowest BCUT2D eigenvalue weighted by atomic mass is 10.1. The summed E-state index contributed by atoms with van der Waals surface area (Å²) in [5, 5.41) is 73.6. The first kappa shape index (κ1) is 57.5. The van der Waals surface area contributed by atoms with Crippen LogP contribution in [-0.4, -0.2) is 193 Å². The average Bonchev–Trinajstić information content (AvgIpc) is 3.73. The molecule has 0 radical (unpaired) electrons. The molecule has 1 rings (SSSR count). The van der Waals surface area contributed by atoms with E-state index in [2.05, 4.69) is 31.9 Å². The van der Waals surface area contributed by atoms with Gasteiger partial charge in [0.2, 0.25) is 59.1 Å². The van der Waals surface area contributed by atoms with Crippen LogP contribution in [0.1, 0.15) is 72.1 Å². The average molecular weight is 948 g/mol. The van der Waals surface area contributed by atoms with Gasteiger partial charge in [0.25, 0.3) is 0 Å². The molecule has 1 fully saturated rings. The number of nitrogens with one attached hydrogen (secondary N) is 7. The van der Waals surface area contributed by atoms with Crippen LogP contribution in [0.2, 0.25) is 0 Å². The number of nitrogens with two attached hydrogens (primary N) is 3. The molecule has 0 saturated carbocycles. The zero-order valence-electron chi connectivity index (χ0n) is 36.4. The number of carbonyl (C=O) groups excluding carboxylic acids is 10. The number of aliphatic hydroxyl groups is 4. The van der Waals surface area contributed by atoms with E-state index in [4.69, 9.17) is 17.2 Å². The van der Waals surface area contributed by atoms with Crippen molar-refractivity contribution in [2.45, 2.75) is 139 Å². The van der Waals surface area contributed by atoms with Crippen LogP contribution in [0.15, 0.2) is 0 Å². The standard InChI is InChI=1S/C37H61N11O18/c1-15(50)27(34(62)46-28(16(2)51)35(63)47-29(17(3)52)37(65)66)45-25(55)13-41-31(59)19(7-10-24(40)54)42-32(60)21(14-49)44-33(61)22-5-4-12-48(22)36(64)20(8-11-26(56)57)43-30(58)18(38)6-9-23(39)53/h15-22,27-29,49-52H,4-14,38H2,1-3H3,(H2,39,53)(H2,40,54)(H,41,59)(H,42,60)(H,43,58)(H,44,61)(H,45,55)(H,46,62)(H,47,63)(H,56,57)(H,65,66)/t15-,16-,17-,18+,19+,20+,21+,22+,27+,28+,29+/m1/s1. The number of carbonyl (C=O) groups is 12. The SMILES string of the molecule is C[C@@H](O)[C@H](NC(=O)[C@@H](NC(=O)[C@@H](NC(=O)CNC(=O)[C@H](CCC(N)=O)NC(=O)[C@H](CO)NC(=O)[C@@H]1CCCN1C(=O)[C@H](CCC(=O)O)NC(=O)[C@@H](N)CCC(N)=O)[C@@H](C)O)[C@@H](C)O)C(=O)O. The maximum absolute atomic E-state index is 13.6. The Labute approximate surface area is 376 Å². The van der Waals surface area contributed by atoms with Crippen LogP contribution in [-0.2, 0) is 57.5 Å². The lowest BCUT2D eigenvalue weighted by molar-refractivity contribution is -0.146. The van der Waals surface area contributed by atoms with E-state index in [-0.39, 0.29) is 32.2 Å². The minimum Gasteiger partial charge on any atom is -0.481 e. The Hall–Kier alpha value is -6.56. The summed E-state index contributed by atoms with van der Waals surface area (Å²) in [5.74, 6) is -13.4. The summed E-state index contributed by atoms with van der Waals surface area (Å²) in [7, 11) is 0. The third-order valence-electron chi connectivity index (χ3n) is 9.88. The second-order valence-corrected chi connectivity index (χ2v) is 15.4. The summed E-state index contributed by atoms with van der Waals surface area (Å²) in [5.41, 5.74) is 16.1. The van der Waals surface area contributed by atoms with Crippen molar-refractivity contribution >= 4 is 71.0 Å². The zero-order valence-corrected chi connectivity index (χ0v) is 36.4. The largest absolute Gasteiger partial charge is 0.481 e. The van der Waals surface area contributed by atoms with E-state index < -0.39 is 176 Å². The Bertz CT molecular complexity index is 1800. The van der Waals surface area contributed by atoms with Crippen LogP contribution in [0, 0.1) is 0 Å². The van der Waals surface area contributed by atoms with Crippen molar-refractivity contribution in [1.29, 1.82) is 0 Å². The first-order chi connectivity index (χ1) is 30.7. The molecule has 0 aromatic carbocycles. The topological polar surface area (TPSA) is 492 Å². The normalized spacial score (nSPS) is 17.9. The van der Waals surface area contributed by atoms with Gasteiger partial charge in [0, 0.05) is 25.8 Å². The molecule has 1 aliphatic rings. The second-order valence-electron chi connectivity index (χ2n) is 15.4. The molecule has 11 atom stereocenters. The third kappa shape index (κ3) is 19.3. The molecule has 372 valence electrons. The van der Waals surface area contributed by atoms with Gasteiger partial charge in [0.15, 0.2) is 6.04 Å². The van der Waals surface area contributed by atoms with Gasteiger partial charge in [-0.15, -0.1) is 0 Å². The van der Waals surface area contributed by atoms with Gasteiger partial charge in [-0.05, 0) is 52.9 Å². The van der Waals surface area contributed by atoms with Gasteiger partial charge in [0.05, 0.1) is 37.5 Å². The Kier molecular flexibility index (Phi) is 24.1. The maximum atomic E-state index is 13.6. The molecule has 1 heterocycles. The minimum absolute atomic E-state index is 0.0198. The predicted octanol–water partition coefficient (Wildman–Crippen LogP) is -9.06. The molecule has 1 saturated heterocycles. The third-order valence-corrected chi connectivity index (χ3v) is 9.88.